The van der Waals surface area contributed by atoms with E-state index in [0.29, 0.717) is 5.92 Å². The number of hydrogen-bond donors (Lipinski definition) is 1. The zero-order valence-electron chi connectivity index (χ0n) is 13.4. The van der Waals surface area contributed by atoms with Crippen LogP contribution in [0.4, 0.5) is 0 Å². The van der Waals surface area contributed by atoms with Crippen molar-refractivity contribution in [3.05, 3.63) is 59.7 Å². The predicted molar refractivity (Wildman–Crippen MR) is 89.1 cm³/mol. The lowest BCUT2D eigenvalue weighted by Gasteiger charge is -2.17. The molecule has 0 bridgehead atoms. The van der Waals surface area contributed by atoms with Crippen molar-refractivity contribution < 1.29 is 4.74 Å². The van der Waals surface area contributed by atoms with Crippen molar-refractivity contribution in [1.82, 2.24) is 5.32 Å². The summed E-state index contributed by atoms with van der Waals surface area (Å²) < 4.78 is 6.07. The smallest absolute Gasteiger partial charge is 0.132 e. The van der Waals surface area contributed by atoms with Crippen molar-refractivity contribution in [2.75, 3.05) is 6.54 Å². The van der Waals surface area contributed by atoms with Gasteiger partial charge in [-0.3, -0.25) is 0 Å². The van der Waals surface area contributed by atoms with Gasteiger partial charge >= 0.3 is 0 Å². The first-order valence-electron chi connectivity index (χ1n) is 7.72. The van der Waals surface area contributed by atoms with Gasteiger partial charge in [-0.05, 0) is 43.1 Å². The lowest BCUT2D eigenvalue weighted by Crippen LogP contribution is -2.18. The van der Waals surface area contributed by atoms with E-state index in [1.807, 2.05) is 24.3 Å². The third-order valence-corrected chi connectivity index (χ3v) is 3.67. The third-order valence-electron chi connectivity index (χ3n) is 3.67. The molecule has 2 nitrogen and oxygen atoms in total. The topological polar surface area (TPSA) is 21.3 Å². The van der Waals surface area contributed by atoms with Crippen LogP contribution in [0, 0.1) is 0 Å². The van der Waals surface area contributed by atoms with Crippen LogP contribution in [-0.4, -0.2) is 6.54 Å². The summed E-state index contributed by atoms with van der Waals surface area (Å²) in [6.07, 6.45) is 0. The number of hydrogen-bond acceptors (Lipinski definition) is 2. The SMILES string of the molecule is CCNC(C)c1ccccc1Oc1ccc(C(C)C)cc1. The Morgan fingerprint density at radius 1 is 0.952 bits per heavy atom. The number of ether oxygens (including phenoxy) is 1. The molecule has 0 aromatic heterocycles. The van der Waals surface area contributed by atoms with Crippen molar-refractivity contribution in [2.24, 2.45) is 0 Å². The van der Waals surface area contributed by atoms with Gasteiger partial charge in [0.2, 0.25) is 0 Å². The van der Waals surface area contributed by atoms with E-state index in [1.165, 1.54) is 11.1 Å². The van der Waals surface area contributed by atoms with Gasteiger partial charge in [0.25, 0.3) is 0 Å². The summed E-state index contributed by atoms with van der Waals surface area (Å²) in [7, 11) is 0. The molecule has 0 heterocycles. The molecule has 2 aromatic carbocycles. The summed E-state index contributed by atoms with van der Waals surface area (Å²) in [6.45, 7) is 9.61. The summed E-state index contributed by atoms with van der Waals surface area (Å²) in [6, 6.07) is 16.9. The van der Waals surface area contributed by atoms with E-state index >= 15 is 0 Å². The zero-order valence-corrected chi connectivity index (χ0v) is 13.4. The fourth-order valence-corrected chi connectivity index (χ4v) is 2.40. The molecule has 0 saturated heterocycles. The Labute approximate surface area is 128 Å². The quantitative estimate of drug-likeness (QED) is 0.779. The third kappa shape index (κ3) is 4.08. The maximum absolute atomic E-state index is 6.07. The van der Waals surface area contributed by atoms with E-state index in [2.05, 4.69) is 57.3 Å². The van der Waals surface area contributed by atoms with Crippen molar-refractivity contribution in [1.29, 1.82) is 0 Å². The molecular weight excluding hydrogens is 258 g/mol. The standard InChI is InChI=1S/C19H25NO/c1-5-20-15(4)18-8-6-7-9-19(18)21-17-12-10-16(11-13-17)14(2)3/h6-15,20H,5H2,1-4H3. The van der Waals surface area contributed by atoms with Crippen LogP contribution in [0.25, 0.3) is 0 Å². The summed E-state index contributed by atoms with van der Waals surface area (Å²) in [4.78, 5) is 0. The molecule has 0 saturated carbocycles. The zero-order chi connectivity index (χ0) is 15.2. The number of nitrogens with one attached hydrogen (secondary N) is 1. The minimum atomic E-state index is 0.279. The highest BCUT2D eigenvalue weighted by Gasteiger charge is 2.11. The molecule has 0 aliphatic carbocycles. The highest BCUT2D eigenvalue weighted by atomic mass is 16.5. The maximum atomic E-state index is 6.07. The van der Waals surface area contributed by atoms with Crippen LogP contribution < -0.4 is 10.1 Å². The second kappa shape index (κ2) is 7.28. The lowest BCUT2D eigenvalue weighted by molar-refractivity contribution is 0.463. The van der Waals surface area contributed by atoms with E-state index in [1.54, 1.807) is 0 Å². The van der Waals surface area contributed by atoms with Crippen LogP contribution in [-0.2, 0) is 0 Å². The van der Waals surface area contributed by atoms with Gasteiger partial charge in [-0.15, -0.1) is 0 Å². The average molecular weight is 283 g/mol. The highest BCUT2D eigenvalue weighted by molar-refractivity contribution is 5.40. The first kappa shape index (κ1) is 15.6. The molecule has 1 unspecified atom stereocenters. The molecule has 0 fully saturated rings. The predicted octanol–water partition coefficient (Wildman–Crippen LogP) is 5.27. The van der Waals surface area contributed by atoms with Crippen molar-refractivity contribution in [2.45, 2.75) is 39.7 Å². The second-order valence-electron chi connectivity index (χ2n) is 5.64. The van der Waals surface area contributed by atoms with Crippen LogP contribution in [0.3, 0.4) is 0 Å². The Morgan fingerprint density at radius 2 is 1.62 bits per heavy atom. The molecule has 0 spiro atoms. The monoisotopic (exact) mass is 283 g/mol. The Bertz CT molecular complexity index is 560. The maximum Gasteiger partial charge on any atom is 0.132 e. The summed E-state index contributed by atoms with van der Waals surface area (Å²) in [5.41, 5.74) is 2.52. The Morgan fingerprint density at radius 3 is 2.24 bits per heavy atom. The molecule has 0 amide bonds. The number of para-hydroxylation sites is 1. The lowest BCUT2D eigenvalue weighted by atomic mass is 10.0. The largest absolute Gasteiger partial charge is 0.457 e. The van der Waals surface area contributed by atoms with Crippen LogP contribution in [0.15, 0.2) is 48.5 Å². The second-order valence-corrected chi connectivity index (χ2v) is 5.64. The van der Waals surface area contributed by atoms with Crippen molar-refractivity contribution in [3.63, 3.8) is 0 Å². The van der Waals surface area contributed by atoms with Gasteiger partial charge in [0.1, 0.15) is 11.5 Å². The van der Waals surface area contributed by atoms with Gasteiger partial charge in [0.15, 0.2) is 0 Å². The molecule has 1 atom stereocenters. The fraction of sp³-hybridized carbons (Fsp3) is 0.368. The normalized spacial score (nSPS) is 12.4. The van der Waals surface area contributed by atoms with Crippen molar-refractivity contribution in [3.8, 4) is 11.5 Å². The minimum Gasteiger partial charge on any atom is -0.457 e. The molecule has 0 aliphatic rings. The minimum absolute atomic E-state index is 0.279. The fourth-order valence-electron chi connectivity index (χ4n) is 2.40. The Hall–Kier alpha value is -1.80. The first-order valence-corrected chi connectivity index (χ1v) is 7.72. The summed E-state index contributed by atoms with van der Waals surface area (Å²) in [5.74, 6) is 2.35. The summed E-state index contributed by atoms with van der Waals surface area (Å²) >= 11 is 0. The number of rotatable bonds is 6. The van der Waals surface area contributed by atoms with Crippen LogP contribution in [0.2, 0.25) is 0 Å². The van der Waals surface area contributed by atoms with E-state index in [0.717, 1.165) is 18.0 Å². The van der Waals surface area contributed by atoms with Crippen LogP contribution in [0.1, 0.15) is 50.8 Å². The molecule has 0 radical (unpaired) electrons. The molecular formula is C19H25NO. The molecule has 2 rings (SSSR count). The number of benzene rings is 2. The van der Waals surface area contributed by atoms with Gasteiger partial charge in [0.05, 0.1) is 0 Å². The van der Waals surface area contributed by atoms with E-state index in [9.17, 15) is 0 Å². The first-order chi connectivity index (χ1) is 10.1. The Kier molecular flexibility index (Phi) is 5.40. The molecule has 21 heavy (non-hydrogen) atoms. The van der Waals surface area contributed by atoms with Gasteiger partial charge in [-0.1, -0.05) is 51.1 Å². The molecule has 2 heteroatoms. The Balaban J connectivity index is 2.19. The molecule has 0 aliphatic heterocycles. The molecule has 112 valence electrons. The van der Waals surface area contributed by atoms with Crippen LogP contribution >= 0.6 is 0 Å². The highest BCUT2D eigenvalue weighted by Crippen LogP contribution is 2.30. The van der Waals surface area contributed by atoms with E-state index in [4.69, 9.17) is 4.74 Å². The van der Waals surface area contributed by atoms with Crippen LogP contribution in [0.5, 0.6) is 11.5 Å². The average Bonchev–Trinajstić information content (AvgIpc) is 2.48. The van der Waals surface area contributed by atoms with E-state index < -0.39 is 0 Å². The summed E-state index contributed by atoms with van der Waals surface area (Å²) in [5, 5.41) is 3.43. The van der Waals surface area contributed by atoms with Crippen molar-refractivity contribution >= 4 is 0 Å². The van der Waals surface area contributed by atoms with Gasteiger partial charge in [-0.2, -0.15) is 0 Å². The van der Waals surface area contributed by atoms with Gasteiger partial charge in [0, 0.05) is 11.6 Å². The van der Waals surface area contributed by atoms with Gasteiger partial charge < -0.3 is 10.1 Å². The molecule has 2 aromatic rings. The van der Waals surface area contributed by atoms with Gasteiger partial charge in [-0.25, -0.2) is 0 Å². The molecule has 1 N–H and O–H groups in total. The van der Waals surface area contributed by atoms with E-state index in [-0.39, 0.29) is 6.04 Å².